The molecule has 4 atom stereocenters. The molecule has 20 heteroatoms. The van der Waals surface area contributed by atoms with E-state index in [0.717, 1.165) is 89.9 Å². The number of hydrogen-bond acceptors (Lipinski definition) is 20. The van der Waals surface area contributed by atoms with Gasteiger partial charge in [-0.2, -0.15) is 0 Å². The largest absolute Gasteiger partial charge is 0.508 e. The molecule has 60 heavy (non-hydrogen) atoms. The summed E-state index contributed by atoms with van der Waals surface area (Å²) in [5, 5.41) is 0. The third-order valence-corrected chi connectivity index (χ3v) is 8.79. The van der Waals surface area contributed by atoms with Crippen LogP contribution >= 0.6 is 0 Å². The molecule has 0 aromatic rings. The maximum Gasteiger partial charge on any atom is 0.508 e. The van der Waals surface area contributed by atoms with Crippen LogP contribution in [0.5, 0.6) is 0 Å². The molecular weight excluding hydrogens is 800 g/mol. The highest BCUT2D eigenvalue weighted by molar-refractivity contribution is 5.82. The van der Waals surface area contributed by atoms with E-state index in [1.807, 2.05) is 0 Å². The van der Waals surface area contributed by atoms with E-state index >= 15 is 0 Å². The molecule has 0 aromatic heterocycles. The summed E-state index contributed by atoms with van der Waals surface area (Å²) in [4.78, 5) is 89.2. The predicted octanol–water partition coefficient (Wildman–Crippen LogP) is 5.64. The first-order chi connectivity index (χ1) is 29.0. The van der Waals surface area contributed by atoms with E-state index in [4.69, 9.17) is 37.9 Å². The summed E-state index contributed by atoms with van der Waals surface area (Å²) in [6.07, 6.45) is 15.1. The van der Waals surface area contributed by atoms with Crippen molar-refractivity contribution >= 4 is 48.5 Å². The molecule has 0 aliphatic carbocycles. The van der Waals surface area contributed by atoms with Crippen LogP contribution in [0, 0.1) is 0 Å². The smallest absolute Gasteiger partial charge is 0.462 e. The molecule has 0 N–H and O–H groups in total. The minimum absolute atomic E-state index is 0.0155. The average Bonchev–Trinajstić information content (AvgIpc) is 4.05. The normalized spacial score (nSPS) is 20.4. The second-order valence-corrected chi connectivity index (χ2v) is 14.0. The van der Waals surface area contributed by atoms with Crippen molar-refractivity contribution in [3.63, 3.8) is 0 Å². The molecular formula is C40H56O20. The van der Waals surface area contributed by atoms with Crippen LogP contribution in [0.1, 0.15) is 103 Å². The van der Waals surface area contributed by atoms with E-state index < -0.39 is 61.0 Å². The third kappa shape index (κ3) is 23.7. The van der Waals surface area contributed by atoms with Gasteiger partial charge < -0.3 is 56.8 Å². The molecule has 4 rings (SSSR count). The predicted molar refractivity (Wildman–Crippen MR) is 201 cm³/mol. The highest BCUT2D eigenvalue weighted by atomic mass is 16.8. The van der Waals surface area contributed by atoms with Gasteiger partial charge in [-0.25, -0.2) is 28.8 Å². The molecule has 4 aliphatic rings. The molecule has 0 amide bonds. The second kappa shape index (κ2) is 29.6. The van der Waals surface area contributed by atoms with Crippen molar-refractivity contribution in [2.75, 3.05) is 52.9 Å². The van der Waals surface area contributed by atoms with E-state index in [9.17, 15) is 38.4 Å². The lowest BCUT2D eigenvalue weighted by molar-refractivity contribution is -0.147. The van der Waals surface area contributed by atoms with Crippen molar-refractivity contribution in [2.45, 2.75) is 127 Å². The van der Waals surface area contributed by atoms with Crippen LogP contribution in [0.3, 0.4) is 0 Å². The fourth-order valence-electron chi connectivity index (χ4n) is 5.59. The Hall–Kier alpha value is -5.56. The molecule has 0 spiro atoms. The highest BCUT2D eigenvalue weighted by Gasteiger charge is 2.28. The van der Waals surface area contributed by atoms with E-state index in [0.29, 0.717) is 12.8 Å². The maximum absolute atomic E-state index is 11.6. The summed E-state index contributed by atoms with van der Waals surface area (Å²) in [6.45, 7) is 0.497. The molecule has 0 radical (unpaired) electrons. The average molecular weight is 857 g/mol. The lowest BCUT2D eigenvalue weighted by Crippen LogP contribution is -2.20. The number of carbonyl (C=O) groups excluding carboxylic acids is 8. The number of esters is 4. The van der Waals surface area contributed by atoms with Crippen LogP contribution < -0.4 is 0 Å². The van der Waals surface area contributed by atoms with E-state index in [1.54, 1.807) is 12.2 Å². The number of carbonyl (C=O) groups is 8. The number of allylic oxidation sites excluding steroid dienone is 2. The third-order valence-electron chi connectivity index (χ3n) is 8.79. The van der Waals surface area contributed by atoms with Gasteiger partial charge in [0.1, 0.15) is 52.9 Å². The quantitative estimate of drug-likeness (QED) is 0.0399. The van der Waals surface area contributed by atoms with E-state index in [1.165, 1.54) is 12.2 Å². The van der Waals surface area contributed by atoms with Crippen molar-refractivity contribution in [1.82, 2.24) is 0 Å². The van der Waals surface area contributed by atoms with Gasteiger partial charge in [0.05, 0.1) is 0 Å². The van der Waals surface area contributed by atoms with Gasteiger partial charge in [-0.05, 0) is 38.5 Å². The molecule has 336 valence electrons. The molecule has 4 heterocycles. The first-order valence-corrected chi connectivity index (χ1v) is 20.4. The zero-order valence-electron chi connectivity index (χ0n) is 33.8. The molecule has 4 aliphatic heterocycles. The standard InChI is InChI=1S/C20H30O10.C20H26O10/c2*21-17(25-11-15-13-27-19(23)29-15)9-7-5-3-1-2-4-6-8-10-18(22)26-12-16-14-28-20(24)30-16/h15-16H,1-14H2;7-10,15-16H,1-6,11-14H2/b;9-7+,10-8?. The van der Waals surface area contributed by atoms with E-state index in [2.05, 4.69) is 18.9 Å². The van der Waals surface area contributed by atoms with Crippen molar-refractivity contribution in [3.8, 4) is 0 Å². The summed E-state index contributed by atoms with van der Waals surface area (Å²) >= 11 is 0. The van der Waals surface area contributed by atoms with Crippen molar-refractivity contribution in [3.05, 3.63) is 24.3 Å². The summed E-state index contributed by atoms with van der Waals surface area (Å²) < 4.78 is 57.5. The van der Waals surface area contributed by atoms with Crippen LogP contribution in [-0.4, -0.2) is 126 Å². The van der Waals surface area contributed by atoms with Gasteiger partial charge in [0.15, 0.2) is 24.4 Å². The Morgan fingerprint density at radius 2 is 0.700 bits per heavy atom. The zero-order chi connectivity index (χ0) is 43.2. The minimum atomic E-state index is -0.745. The van der Waals surface area contributed by atoms with Gasteiger partial charge in [0.2, 0.25) is 0 Å². The van der Waals surface area contributed by atoms with Gasteiger partial charge in [-0.1, -0.05) is 63.5 Å². The van der Waals surface area contributed by atoms with Crippen LogP contribution in [0.25, 0.3) is 0 Å². The first-order valence-electron chi connectivity index (χ1n) is 20.4. The number of ether oxygens (including phenoxy) is 12. The SMILES string of the molecule is O=C(C=CCCCCCC/C=C/C(=O)OCC1COC(=O)O1)OCC1COC(=O)O1.O=C(CCCCCCCCCCC(=O)OCC1COC(=O)O1)OCC1COC(=O)O1. The molecule has 4 saturated heterocycles. The maximum atomic E-state index is 11.6. The van der Waals surface area contributed by atoms with Crippen LogP contribution in [0.2, 0.25) is 0 Å². The Balaban J connectivity index is 0.000000320. The van der Waals surface area contributed by atoms with Crippen LogP contribution in [-0.2, 0) is 76.0 Å². The Morgan fingerprint density at radius 1 is 0.417 bits per heavy atom. The number of cyclic esters (lactones) is 8. The number of unbranched alkanes of at least 4 members (excludes halogenated alkanes) is 12. The van der Waals surface area contributed by atoms with Gasteiger partial charge in [0.25, 0.3) is 0 Å². The minimum Gasteiger partial charge on any atom is -0.462 e. The van der Waals surface area contributed by atoms with Crippen molar-refractivity contribution in [1.29, 1.82) is 0 Å². The highest BCUT2D eigenvalue weighted by Crippen LogP contribution is 2.14. The Morgan fingerprint density at radius 3 is 1.00 bits per heavy atom. The number of rotatable bonds is 28. The Labute approximate surface area is 347 Å². The summed E-state index contributed by atoms with van der Waals surface area (Å²) in [6, 6.07) is 0. The monoisotopic (exact) mass is 856 g/mol. The Bertz CT molecular complexity index is 1340. The second-order valence-electron chi connectivity index (χ2n) is 14.0. The van der Waals surface area contributed by atoms with Crippen LogP contribution in [0.4, 0.5) is 19.2 Å². The molecule has 20 nitrogen and oxygen atoms in total. The fourth-order valence-corrected chi connectivity index (χ4v) is 5.59. The molecule has 0 saturated carbocycles. The Kier molecular flexibility index (Phi) is 24.1. The van der Waals surface area contributed by atoms with Gasteiger partial charge >= 0.3 is 48.5 Å². The first kappa shape index (κ1) is 48.8. The summed E-state index contributed by atoms with van der Waals surface area (Å²) in [5.74, 6) is -1.53. The van der Waals surface area contributed by atoms with Gasteiger partial charge in [0, 0.05) is 25.0 Å². The molecule has 4 unspecified atom stereocenters. The fraction of sp³-hybridized carbons (Fsp3) is 0.700. The molecule has 0 bridgehead atoms. The van der Waals surface area contributed by atoms with Gasteiger partial charge in [-0.15, -0.1) is 0 Å². The lowest BCUT2D eigenvalue weighted by Gasteiger charge is -2.08. The summed E-state index contributed by atoms with van der Waals surface area (Å²) in [5.41, 5.74) is 0. The van der Waals surface area contributed by atoms with Crippen LogP contribution in [0.15, 0.2) is 24.3 Å². The van der Waals surface area contributed by atoms with Crippen molar-refractivity contribution < 1.29 is 95.2 Å². The molecule has 0 aromatic carbocycles. The van der Waals surface area contributed by atoms with Gasteiger partial charge in [-0.3, -0.25) is 9.59 Å². The topological polar surface area (TPSA) is 247 Å². The zero-order valence-corrected chi connectivity index (χ0v) is 33.8. The lowest BCUT2D eigenvalue weighted by atomic mass is 10.1. The molecule has 4 fully saturated rings. The van der Waals surface area contributed by atoms with E-state index in [-0.39, 0.29) is 64.8 Å². The number of hydrogen-bond donors (Lipinski definition) is 0. The van der Waals surface area contributed by atoms with Crippen molar-refractivity contribution in [2.24, 2.45) is 0 Å². The summed E-state index contributed by atoms with van der Waals surface area (Å²) in [7, 11) is 0.